The molecule has 0 heterocycles. The molecule has 0 aromatic carbocycles. The molecule has 68 valence electrons. The molecule has 0 spiro atoms. The van der Waals surface area contributed by atoms with Crippen molar-refractivity contribution in [2.45, 2.75) is 27.7 Å². The summed E-state index contributed by atoms with van der Waals surface area (Å²) in [6, 6.07) is 0. The Bertz CT molecular complexity index is 206. The fraction of sp³-hybridized carbons (Fsp3) is 0.500. The minimum absolute atomic E-state index is 0.181. The normalized spacial score (nSPS) is 11.7. The number of esters is 1. The van der Waals surface area contributed by atoms with Crippen molar-refractivity contribution >= 4 is 11.9 Å². The van der Waals surface area contributed by atoms with Crippen molar-refractivity contribution in [1.82, 2.24) is 5.32 Å². The van der Waals surface area contributed by atoms with E-state index in [-0.39, 0.29) is 5.91 Å². The van der Waals surface area contributed by atoms with E-state index in [1.54, 1.807) is 13.8 Å². The Balaban J connectivity index is 4.25. The molecule has 0 fully saturated rings. The van der Waals surface area contributed by atoms with Gasteiger partial charge in [-0.05, 0) is 13.8 Å². The summed E-state index contributed by atoms with van der Waals surface area (Å²) in [7, 11) is 0. The zero-order chi connectivity index (χ0) is 9.72. The van der Waals surface area contributed by atoms with Crippen molar-refractivity contribution in [3.8, 4) is 0 Å². The molecule has 0 aliphatic carbocycles. The average Bonchev–Trinajstić information content (AvgIpc) is 1.84. The van der Waals surface area contributed by atoms with Gasteiger partial charge in [0.25, 0.3) is 0 Å². The zero-order valence-electron chi connectivity index (χ0n) is 7.72. The van der Waals surface area contributed by atoms with Gasteiger partial charge in [0.15, 0.2) is 0 Å². The van der Waals surface area contributed by atoms with Crippen molar-refractivity contribution in [3.05, 3.63) is 11.5 Å². The largest absolute Gasteiger partial charge is 0.430 e. The van der Waals surface area contributed by atoms with Gasteiger partial charge in [0.1, 0.15) is 5.76 Å². The van der Waals surface area contributed by atoms with Gasteiger partial charge in [-0.3, -0.25) is 9.59 Å². The Kier molecular flexibility index (Phi) is 4.04. The van der Waals surface area contributed by atoms with Crippen LogP contribution in [0, 0.1) is 0 Å². The molecular formula is C8H13NO3. The Morgan fingerprint density at radius 3 is 1.92 bits per heavy atom. The van der Waals surface area contributed by atoms with Gasteiger partial charge in [-0.25, -0.2) is 0 Å². The molecule has 0 saturated heterocycles. The van der Waals surface area contributed by atoms with Gasteiger partial charge >= 0.3 is 5.97 Å². The summed E-state index contributed by atoms with van der Waals surface area (Å²) in [5.41, 5.74) is 0.553. The number of carbonyl (C=O) groups excluding carboxylic acids is 2. The van der Waals surface area contributed by atoms with E-state index in [2.05, 4.69) is 5.32 Å². The van der Waals surface area contributed by atoms with E-state index in [1.807, 2.05) is 0 Å². The molecule has 0 rings (SSSR count). The van der Waals surface area contributed by atoms with Crippen molar-refractivity contribution in [2.75, 3.05) is 0 Å². The lowest BCUT2D eigenvalue weighted by atomic mass is 10.4. The van der Waals surface area contributed by atoms with Crippen molar-refractivity contribution in [3.63, 3.8) is 0 Å². The van der Waals surface area contributed by atoms with E-state index in [1.165, 1.54) is 13.8 Å². The first-order valence-electron chi connectivity index (χ1n) is 3.57. The molecule has 1 N–H and O–H groups in total. The van der Waals surface area contributed by atoms with Crippen LogP contribution in [0.2, 0.25) is 0 Å². The van der Waals surface area contributed by atoms with E-state index in [4.69, 9.17) is 4.74 Å². The lowest BCUT2D eigenvalue weighted by Crippen LogP contribution is -2.19. The summed E-state index contributed by atoms with van der Waals surface area (Å²) in [6.45, 7) is 5.99. The van der Waals surface area contributed by atoms with E-state index in [0.717, 1.165) is 0 Å². The maximum absolute atomic E-state index is 10.6. The molecule has 0 aromatic heterocycles. The van der Waals surface area contributed by atoms with Crippen LogP contribution in [0.5, 0.6) is 0 Å². The quantitative estimate of drug-likeness (QED) is 0.497. The Morgan fingerprint density at radius 2 is 1.58 bits per heavy atom. The third kappa shape index (κ3) is 4.49. The zero-order valence-corrected chi connectivity index (χ0v) is 7.72. The van der Waals surface area contributed by atoms with Crippen LogP contribution in [0.25, 0.3) is 0 Å². The second-order valence-electron chi connectivity index (χ2n) is 2.46. The molecule has 12 heavy (non-hydrogen) atoms. The SMILES string of the molecule is CC(=O)NC(C)=C(C)OC(C)=O. The highest BCUT2D eigenvalue weighted by Crippen LogP contribution is 2.01. The predicted molar refractivity (Wildman–Crippen MR) is 44.0 cm³/mol. The number of rotatable bonds is 2. The summed E-state index contributed by atoms with van der Waals surface area (Å²) in [5.74, 6) is -0.158. The van der Waals surface area contributed by atoms with Gasteiger partial charge in [0, 0.05) is 13.8 Å². The van der Waals surface area contributed by atoms with E-state index in [0.29, 0.717) is 11.5 Å². The maximum atomic E-state index is 10.6. The standard InChI is InChI=1S/C8H13NO3/c1-5(9-7(3)10)6(2)12-8(4)11/h1-4H3,(H,9,10). The van der Waals surface area contributed by atoms with Crippen molar-refractivity contribution in [2.24, 2.45) is 0 Å². The monoisotopic (exact) mass is 171 g/mol. The van der Waals surface area contributed by atoms with Gasteiger partial charge < -0.3 is 10.1 Å². The lowest BCUT2D eigenvalue weighted by Gasteiger charge is -2.06. The van der Waals surface area contributed by atoms with Crippen LogP contribution < -0.4 is 5.32 Å². The van der Waals surface area contributed by atoms with Crippen LogP contribution in [0.4, 0.5) is 0 Å². The third-order valence-electron chi connectivity index (χ3n) is 1.19. The number of carbonyl (C=O) groups is 2. The lowest BCUT2D eigenvalue weighted by molar-refractivity contribution is -0.137. The number of hydrogen-bond donors (Lipinski definition) is 1. The minimum Gasteiger partial charge on any atom is -0.430 e. The predicted octanol–water partition coefficient (Wildman–Crippen LogP) is 0.937. The molecule has 0 bridgehead atoms. The molecule has 4 heteroatoms. The molecule has 0 aromatic rings. The number of hydrogen-bond acceptors (Lipinski definition) is 3. The molecule has 0 atom stereocenters. The fourth-order valence-corrected chi connectivity index (χ4v) is 0.644. The topological polar surface area (TPSA) is 55.4 Å². The van der Waals surface area contributed by atoms with Crippen LogP contribution in [0.15, 0.2) is 11.5 Å². The molecule has 0 aliphatic heterocycles. The first kappa shape index (κ1) is 10.7. The Morgan fingerprint density at radius 1 is 1.08 bits per heavy atom. The number of nitrogens with one attached hydrogen (secondary N) is 1. The molecule has 0 radical (unpaired) electrons. The van der Waals surface area contributed by atoms with Crippen LogP contribution in [0.1, 0.15) is 27.7 Å². The van der Waals surface area contributed by atoms with Crippen LogP contribution >= 0.6 is 0 Å². The summed E-state index contributed by atoms with van der Waals surface area (Å²) in [4.78, 5) is 21.0. The first-order valence-corrected chi connectivity index (χ1v) is 3.57. The number of ether oxygens (including phenoxy) is 1. The molecule has 0 aliphatic rings. The highest BCUT2D eigenvalue weighted by atomic mass is 16.5. The first-order chi connectivity index (χ1) is 5.43. The van der Waals surface area contributed by atoms with Gasteiger partial charge in [-0.1, -0.05) is 0 Å². The van der Waals surface area contributed by atoms with Gasteiger partial charge in [-0.2, -0.15) is 0 Å². The summed E-state index contributed by atoms with van der Waals surface area (Å²) in [5, 5.41) is 2.51. The molecule has 1 amide bonds. The minimum atomic E-state index is -0.391. The Labute approximate surface area is 71.6 Å². The van der Waals surface area contributed by atoms with Crippen molar-refractivity contribution in [1.29, 1.82) is 0 Å². The van der Waals surface area contributed by atoms with Gasteiger partial charge in [0.05, 0.1) is 5.70 Å². The molecule has 0 unspecified atom stereocenters. The smallest absolute Gasteiger partial charge is 0.307 e. The van der Waals surface area contributed by atoms with E-state index < -0.39 is 5.97 Å². The van der Waals surface area contributed by atoms with E-state index in [9.17, 15) is 9.59 Å². The molecular weight excluding hydrogens is 158 g/mol. The third-order valence-corrected chi connectivity index (χ3v) is 1.19. The number of amides is 1. The molecule has 0 saturated carbocycles. The second-order valence-corrected chi connectivity index (χ2v) is 2.46. The highest BCUT2D eigenvalue weighted by molar-refractivity contribution is 5.75. The van der Waals surface area contributed by atoms with E-state index >= 15 is 0 Å². The van der Waals surface area contributed by atoms with Crippen molar-refractivity contribution < 1.29 is 14.3 Å². The average molecular weight is 171 g/mol. The molecule has 4 nitrogen and oxygen atoms in total. The number of allylic oxidation sites excluding steroid dienone is 2. The Hall–Kier alpha value is -1.32. The van der Waals surface area contributed by atoms with Crippen LogP contribution in [-0.4, -0.2) is 11.9 Å². The van der Waals surface area contributed by atoms with Gasteiger partial charge in [-0.15, -0.1) is 0 Å². The fourth-order valence-electron chi connectivity index (χ4n) is 0.644. The van der Waals surface area contributed by atoms with Gasteiger partial charge in [0.2, 0.25) is 5.91 Å². The highest BCUT2D eigenvalue weighted by Gasteiger charge is 2.01. The summed E-state index contributed by atoms with van der Waals surface area (Å²) < 4.78 is 4.74. The summed E-state index contributed by atoms with van der Waals surface area (Å²) >= 11 is 0. The summed E-state index contributed by atoms with van der Waals surface area (Å²) in [6.07, 6.45) is 0. The maximum Gasteiger partial charge on any atom is 0.307 e. The van der Waals surface area contributed by atoms with Crippen LogP contribution in [0.3, 0.4) is 0 Å². The van der Waals surface area contributed by atoms with Crippen LogP contribution in [-0.2, 0) is 14.3 Å². The second kappa shape index (κ2) is 4.54.